The van der Waals surface area contributed by atoms with Gasteiger partial charge in [-0.25, -0.2) is 4.39 Å². The van der Waals surface area contributed by atoms with E-state index >= 15 is 0 Å². The molecule has 0 spiro atoms. The highest BCUT2D eigenvalue weighted by Gasteiger charge is 2.03. The predicted molar refractivity (Wildman–Crippen MR) is 81.8 cm³/mol. The van der Waals surface area contributed by atoms with Gasteiger partial charge in [-0.1, -0.05) is 24.3 Å². The Kier molecular flexibility index (Phi) is 4.72. The van der Waals surface area contributed by atoms with Gasteiger partial charge in [0.25, 0.3) is 0 Å². The summed E-state index contributed by atoms with van der Waals surface area (Å²) < 4.78 is 18.2. The number of anilines is 1. The van der Waals surface area contributed by atoms with Gasteiger partial charge in [0.1, 0.15) is 0 Å². The van der Waals surface area contributed by atoms with Gasteiger partial charge in [-0.2, -0.15) is 0 Å². The minimum atomic E-state index is -0.431. The Balaban J connectivity index is 2.07. The van der Waals surface area contributed by atoms with Crippen LogP contribution >= 0.6 is 0 Å². The molecule has 0 saturated carbocycles. The number of benzene rings is 2. The van der Waals surface area contributed by atoms with Crippen molar-refractivity contribution in [3.05, 3.63) is 65.5 Å². The van der Waals surface area contributed by atoms with Gasteiger partial charge in [0.05, 0.1) is 7.11 Å². The summed E-state index contributed by atoms with van der Waals surface area (Å²) in [7, 11) is 1.40. The molecule has 1 N–H and O–H groups in total. The zero-order valence-corrected chi connectivity index (χ0v) is 11.9. The van der Waals surface area contributed by atoms with Gasteiger partial charge >= 0.3 is 0 Å². The first-order valence-corrected chi connectivity index (χ1v) is 6.48. The molecule has 21 heavy (non-hydrogen) atoms. The van der Waals surface area contributed by atoms with Gasteiger partial charge in [-0.3, -0.25) is 4.79 Å². The Morgan fingerprint density at radius 1 is 1.24 bits per heavy atom. The molecule has 0 aliphatic rings. The quantitative estimate of drug-likeness (QED) is 0.868. The van der Waals surface area contributed by atoms with Crippen LogP contribution in [0.3, 0.4) is 0 Å². The average molecular weight is 285 g/mol. The summed E-state index contributed by atoms with van der Waals surface area (Å²) in [5.74, 6) is -0.525. The van der Waals surface area contributed by atoms with Gasteiger partial charge in [-0.15, -0.1) is 0 Å². The third kappa shape index (κ3) is 3.92. The van der Waals surface area contributed by atoms with Crippen molar-refractivity contribution in [2.45, 2.75) is 6.92 Å². The normalized spacial score (nSPS) is 10.6. The Hall–Kier alpha value is -2.62. The maximum absolute atomic E-state index is 13.3. The van der Waals surface area contributed by atoms with E-state index in [0.29, 0.717) is 5.56 Å². The van der Waals surface area contributed by atoms with E-state index < -0.39 is 5.82 Å². The highest BCUT2D eigenvalue weighted by molar-refractivity contribution is 6.02. The van der Waals surface area contributed by atoms with Gasteiger partial charge in [-0.05, 0) is 42.3 Å². The monoisotopic (exact) mass is 285 g/mol. The van der Waals surface area contributed by atoms with Crippen LogP contribution in [0.15, 0.2) is 48.5 Å². The molecule has 2 aromatic rings. The Bertz CT molecular complexity index is 680. The molecule has 108 valence electrons. The van der Waals surface area contributed by atoms with Crippen LogP contribution in [-0.2, 0) is 4.79 Å². The summed E-state index contributed by atoms with van der Waals surface area (Å²) in [5, 5.41) is 2.79. The number of aryl methyl sites for hydroxylation is 1. The fourth-order valence-electron chi connectivity index (χ4n) is 1.84. The summed E-state index contributed by atoms with van der Waals surface area (Å²) in [4.78, 5) is 11.9. The molecule has 0 saturated heterocycles. The van der Waals surface area contributed by atoms with E-state index in [4.69, 9.17) is 4.74 Å². The van der Waals surface area contributed by atoms with E-state index in [0.717, 1.165) is 11.3 Å². The van der Waals surface area contributed by atoms with Crippen LogP contribution in [0, 0.1) is 12.7 Å². The summed E-state index contributed by atoms with van der Waals surface area (Å²) in [6.45, 7) is 1.92. The number of ether oxygens (including phenoxy) is 1. The summed E-state index contributed by atoms with van der Waals surface area (Å²) in [5.41, 5.74) is 2.44. The number of hydrogen-bond donors (Lipinski definition) is 1. The zero-order chi connectivity index (χ0) is 15.2. The molecular formula is C17H16FNO2. The molecule has 0 aliphatic heterocycles. The maximum atomic E-state index is 13.3. The number of methoxy groups -OCH3 is 1. The molecule has 0 fully saturated rings. The standard InChI is InChI=1S/C17H16FNO2/c1-12-5-3-4-6-15(12)19-17(20)10-8-13-7-9-14(18)16(11-13)21-2/h3-11H,1-2H3,(H,19,20)/b10-8+. The van der Waals surface area contributed by atoms with Crippen molar-refractivity contribution in [1.29, 1.82) is 0 Å². The fourth-order valence-corrected chi connectivity index (χ4v) is 1.84. The van der Waals surface area contributed by atoms with E-state index in [9.17, 15) is 9.18 Å². The number of carbonyl (C=O) groups is 1. The number of nitrogens with one attached hydrogen (secondary N) is 1. The van der Waals surface area contributed by atoms with Crippen molar-refractivity contribution in [2.75, 3.05) is 12.4 Å². The van der Waals surface area contributed by atoms with E-state index in [1.807, 2.05) is 31.2 Å². The number of amides is 1. The minimum Gasteiger partial charge on any atom is -0.494 e. The van der Waals surface area contributed by atoms with Crippen LogP contribution in [-0.4, -0.2) is 13.0 Å². The predicted octanol–water partition coefficient (Wildman–Crippen LogP) is 3.79. The Morgan fingerprint density at radius 3 is 2.71 bits per heavy atom. The smallest absolute Gasteiger partial charge is 0.248 e. The summed E-state index contributed by atoms with van der Waals surface area (Å²) in [6.07, 6.45) is 3.01. The summed E-state index contributed by atoms with van der Waals surface area (Å²) in [6, 6.07) is 11.9. The molecule has 3 nitrogen and oxygen atoms in total. The van der Waals surface area contributed by atoms with Crippen LogP contribution < -0.4 is 10.1 Å². The Labute approximate surface area is 123 Å². The van der Waals surface area contributed by atoms with E-state index in [1.165, 1.54) is 25.3 Å². The lowest BCUT2D eigenvalue weighted by Crippen LogP contribution is -2.08. The molecule has 0 aromatic heterocycles. The number of halogens is 1. The molecule has 4 heteroatoms. The van der Waals surface area contributed by atoms with Crippen molar-refractivity contribution in [2.24, 2.45) is 0 Å². The molecule has 0 bridgehead atoms. The fraction of sp³-hybridized carbons (Fsp3) is 0.118. The first kappa shape index (κ1) is 14.8. The first-order valence-electron chi connectivity index (χ1n) is 6.48. The van der Waals surface area contributed by atoms with E-state index in [-0.39, 0.29) is 11.7 Å². The van der Waals surface area contributed by atoms with E-state index in [2.05, 4.69) is 5.32 Å². The third-order valence-corrected chi connectivity index (χ3v) is 3.01. The minimum absolute atomic E-state index is 0.150. The number of hydrogen-bond acceptors (Lipinski definition) is 2. The van der Waals surface area contributed by atoms with Gasteiger partial charge < -0.3 is 10.1 Å². The molecule has 1 amide bonds. The lowest BCUT2D eigenvalue weighted by atomic mass is 10.2. The van der Waals surface area contributed by atoms with Crippen molar-refractivity contribution >= 4 is 17.7 Å². The Morgan fingerprint density at radius 2 is 2.00 bits per heavy atom. The van der Waals surface area contributed by atoms with Crippen LogP contribution in [0.5, 0.6) is 5.75 Å². The highest BCUT2D eigenvalue weighted by atomic mass is 19.1. The second kappa shape index (κ2) is 6.70. The molecule has 2 aromatic carbocycles. The lowest BCUT2D eigenvalue weighted by Gasteiger charge is -2.05. The van der Waals surface area contributed by atoms with Crippen LogP contribution in [0.25, 0.3) is 6.08 Å². The SMILES string of the molecule is COc1cc(/C=C/C(=O)Nc2ccccc2C)ccc1F. The average Bonchev–Trinajstić information content (AvgIpc) is 2.49. The van der Waals surface area contributed by atoms with Crippen LogP contribution in [0.2, 0.25) is 0 Å². The maximum Gasteiger partial charge on any atom is 0.248 e. The van der Waals surface area contributed by atoms with Gasteiger partial charge in [0.15, 0.2) is 11.6 Å². The number of rotatable bonds is 4. The lowest BCUT2D eigenvalue weighted by molar-refractivity contribution is -0.111. The largest absolute Gasteiger partial charge is 0.494 e. The molecule has 0 unspecified atom stereocenters. The first-order chi connectivity index (χ1) is 10.1. The van der Waals surface area contributed by atoms with Gasteiger partial charge in [0.2, 0.25) is 5.91 Å². The third-order valence-electron chi connectivity index (χ3n) is 3.01. The van der Waals surface area contributed by atoms with Crippen LogP contribution in [0.1, 0.15) is 11.1 Å². The van der Waals surface area contributed by atoms with E-state index in [1.54, 1.807) is 12.1 Å². The molecule has 0 aliphatic carbocycles. The molecule has 0 atom stereocenters. The zero-order valence-electron chi connectivity index (χ0n) is 11.9. The van der Waals surface area contributed by atoms with Crippen LogP contribution in [0.4, 0.5) is 10.1 Å². The molecular weight excluding hydrogens is 269 g/mol. The van der Waals surface area contributed by atoms with Crippen molar-refractivity contribution in [3.63, 3.8) is 0 Å². The highest BCUT2D eigenvalue weighted by Crippen LogP contribution is 2.19. The van der Waals surface area contributed by atoms with Crippen molar-refractivity contribution in [3.8, 4) is 5.75 Å². The van der Waals surface area contributed by atoms with Crippen molar-refractivity contribution < 1.29 is 13.9 Å². The number of carbonyl (C=O) groups excluding carboxylic acids is 1. The second-order valence-corrected chi connectivity index (χ2v) is 4.53. The topological polar surface area (TPSA) is 38.3 Å². The molecule has 2 rings (SSSR count). The summed E-state index contributed by atoms with van der Waals surface area (Å²) >= 11 is 0. The van der Waals surface area contributed by atoms with Gasteiger partial charge in [0, 0.05) is 11.8 Å². The van der Waals surface area contributed by atoms with Crippen molar-refractivity contribution in [1.82, 2.24) is 0 Å². The molecule has 0 radical (unpaired) electrons. The molecule has 0 heterocycles. The number of para-hydroxylation sites is 1. The second-order valence-electron chi connectivity index (χ2n) is 4.53.